The Morgan fingerprint density at radius 2 is 0.956 bits per heavy atom. The van der Waals surface area contributed by atoms with Crippen LogP contribution in [0.3, 0.4) is 0 Å². The molecule has 0 N–H and O–H groups in total. The van der Waals surface area contributed by atoms with Crippen LogP contribution >= 0.6 is 0 Å². The summed E-state index contributed by atoms with van der Waals surface area (Å²) in [5.74, 6) is 0. The largest absolute Gasteiger partial charge is 0.309 e. The topological polar surface area (TPSA) is 3.24 Å². The molecule has 0 saturated carbocycles. The Bertz CT molecular complexity index is 2160. The molecule has 0 unspecified atom stereocenters. The summed E-state index contributed by atoms with van der Waals surface area (Å²) in [6.07, 6.45) is 0. The highest BCUT2D eigenvalue weighted by Crippen LogP contribution is 2.59. The lowest BCUT2D eigenvalue weighted by Crippen LogP contribution is -2.18. The van der Waals surface area contributed by atoms with Gasteiger partial charge in [0.05, 0.1) is 5.69 Å². The SMILES string of the molecule is Cc1ccc(N(c2ccc(C)cc2C)c2cc3c(c4ccccc24)-c2cc4c(cc2C3(C)C)-c2ccccc2C4(C)C)c(C)c1. The molecule has 0 heterocycles. The van der Waals surface area contributed by atoms with E-state index in [0.29, 0.717) is 0 Å². The van der Waals surface area contributed by atoms with Gasteiger partial charge in [-0.05, 0) is 119 Å². The van der Waals surface area contributed by atoms with Gasteiger partial charge in [-0.15, -0.1) is 0 Å². The molecule has 0 aromatic heterocycles. The summed E-state index contributed by atoms with van der Waals surface area (Å²) < 4.78 is 0. The molecule has 1 nitrogen and oxygen atoms in total. The molecule has 0 atom stereocenters. The lowest BCUT2D eigenvalue weighted by molar-refractivity contribution is 0.652. The number of aryl methyl sites for hydroxylation is 4. The number of nitrogens with zero attached hydrogens (tertiary/aromatic N) is 1. The number of benzene rings is 6. The van der Waals surface area contributed by atoms with Crippen molar-refractivity contribution in [3.8, 4) is 22.3 Å². The smallest absolute Gasteiger partial charge is 0.0543 e. The lowest BCUT2D eigenvalue weighted by atomic mass is 9.79. The quantitative estimate of drug-likeness (QED) is 0.200. The van der Waals surface area contributed by atoms with Crippen molar-refractivity contribution in [1.82, 2.24) is 0 Å². The molecule has 0 saturated heterocycles. The van der Waals surface area contributed by atoms with Crippen LogP contribution in [0.15, 0.2) is 103 Å². The number of fused-ring (bicyclic) bond motifs is 8. The minimum Gasteiger partial charge on any atom is -0.309 e. The first kappa shape index (κ1) is 27.9. The maximum absolute atomic E-state index is 2.54. The third kappa shape index (κ3) is 3.86. The molecule has 0 radical (unpaired) electrons. The van der Waals surface area contributed by atoms with Crippen LogP contribution < -0.4 is 4.90 Å². The van der Waals surface area contributed by atoms with Gasteiger partial charge in [-0.1, -0.05) is 112 Å². The van der Waals surface area contributed by atoms with Gasteiger partial charge in [0, 0.05) is 27.6 Å². The monoisotopic (exact) mass is 583 g/mol. The Morgan fingerprint density at radius 3 is 1.60 bits per heavy atom. The predicted octanol–water partition coefficient (Wildman–Crippen LogP) is 12.2. The lowest BCUT2D eigenvalue weighted by Gasteiger charge is -2.32. The molecule has 0 spiro atoms. The summed E-state index contributed by atoms with van der Waals surface area (Å²) in [5.41, 5.74) is 19.9. The van der Waals surface area contributed by atoms with Crippen molar-refractivity contribution < 1.29 is 0 Å². The molecule has 222 valence electrons. The average Bonchev–Trinajstić information content (AvgIpc) is 3.37. The van der Waals surface area contributed by atoms with Gasteiger partial charge in [0.15, 0.2) is 0 Å². The highest BCUT2D eigenvalue weighted by molar-refractivity contribution is 6.10. The minimum absolute atomic E-state index is 0.0354. The van der Waals surface area contributed by atoms with Gasteiger partial charge in [0.1, 0.15) is 0 Å². The Morgan fingerprint density at radius 1 is 0.422 bits per heavy atom. The fourth-order valence-corrected chi connectivity index (χ4v) is 8.44. The molecule has 45 heavy (non-hydrogen) atoms. The van der Waals surface area contributed by atoms with Gasteiger partial charge < -0.3 is 4.90 Å². The van der Waals surface area contributed by atoms with Crippen LogP contribution in [0, 0.1) is 27.7 Å². The van der Waals surface area contributed by atoms with Crippen molar-refractivity contribution in [2.45, 2.75) is 66.2 Å². The minimum atomic E-state index is -0.156. The third-order valence-electron chi connectivity index (χ3n) is 10.8. The van der Waals surface area contributed by atoms with Crippen LogP contribution in [0.1, 0.15) is 72.2 Å². The van der Waals surface area contributed by atoms with Crippen molar-refractivity contribution in [1.29, 1.82) is 0 Å². The maximum Gasteiger partial charge on any atom is 0.0543 e. The van der Waals surface area contributed by atoms with Gasteiger partial charge >= 0.3 is 0 Å². The zero-order valence-corrected chi connectivity index (χ0v) is 27.8. The first-order valence-electron chi connectivity index (χ1n) is 16.3. The Balaban J connectivity index is 1.44. The van der Waals surface area contributed by atoms with Crippen LogP contribution in [-0.4, -0.2) is 0 Å². The molecular weight excluding hydrogens is 542 g/mol. The van der Waals surface area contributed by atoms with E-state index in [1.54, 1.807) is 0 Å². The van der Waals surface area contributed by atoms with E-state index < -0.39 is 0 Å². The van der Waals surface area contributed by atoms with Crippen molar-refractivity contribution in [2.75, 3.05) is 4.90 Å². The molecule has 2 aliphatic carbocycles. The summed E-state index contributed by atoms with van der Waals surface area (Å²) in [6, 6.07) is 39.4. The first-order chi connectivity index (χ1) is 21.5. The Hall–Kier alpha value is -4.62. The molecule has 0 bridgehead atoms. The molecule has 0 aliphatic heterocycles. The molecular formula is C44H41N. The zero-order valence-electron chi connectivity index (χ0n) is 27.8. The van der Waals surface area contributed by atoms with Crippen molar-refractivity contribution >= 4 is 27.8 Å². The molecule has 6 aromatic rings. The Labute approximate surface area is 268 Å². The molecule has 0 fully saturated rings. The second-order valence-electron chi connectivity index (χ2n) is 14.5. The highest BCUT2D eigenvalue weighted by Gasteiger charge is 2.42. The number of hydrogen-bond acceptors (Lipinski definition) is 1. The van der Waals surface area contributed by atoms with E-state index in [4.69, 9.17) is 0 Å². The van der Waals surface area contributed by atoms with Crippen molar-refractivity contribution in [2.24, 2.45) is 0 Å². The van der Waals surface area contributed by atoms with Gasteiger partial charge in [-0.3, -0.25) is 0 Å². The van der Waals surface area contributed by atoms with Crippen molar-refractivity contribution in [3.05, 3.63) is 148 Å². The second-order valence-corrected chi connectivity index (χ2v) is 14.5. The first-order valence-corrected chi connectivity index (χ1v) is 16.3. The summed E-state index contributed by atoms with van der Waals surface area (Å²) in [4.78, 5) is 2.52. The fraction of sp³-hybridized carbons (Fsp3) is 0.227. The van der Waals surface area contributed by atoms with Gasteiger partial charge in [0.2, 0.25) is 0 Å². The average molecular weight is 584 g/mol. The normalized spacial score (nSPS) is 15.0. The van der Waals surface area contributed by atoms with Crippen LogP contribution in [0.2, 0.25) is 0 Å². The van der Waals surface area contributed by atoms with E-state index in [9.17, 15) is 0 Å². The van der Waals surface area contributed by atoms with Crippen molar-refractivity contribution in [3.63, 3.8) is 0 Å². The predicted molar refractivity (Wildman–Crippen MR) is 193 cm³/mol. The third-order valence-corrected chi connectivity index (χ3v) is 10.8. The van der Waals surface area contributed by atoms with E-state index in [2.05, 4.69) is 163 Å². The second kappa shape index (κ2) is 9.44. The number of anilines is 3. The zero-order chi connectivity index (χ0) is 31.4. The van der Waals surface area contributed by atoms with E-state index in [1.807, 2.05) is 0 Å². The number of hydrogen-bond donors (Lipinski definition) is 0. The van der Waals surface area contributed by atoms with E-state index in [0.717, 1.165) is 0 Å². The van der Waals surface area contributed by atoms with Gasteiger partial charge in [0.25, 0.3) is 0 Å². The fourth-order valence-electron chi connectivity index (χ4n) is 8.44. The Kier molecular flexibility index (Phi) is 5.85. The summed E-state index contributed by atoms with van der Waals surface area (Å²) in [5, 5.41) is 2.60. The molecule has 6 aromatic carbocycles. The van der Waals surface area contributed by atoms with E-state index in [1.165, 1.54) is 94.6 Å². The van der Waals surface area contributed by atoms with Crippen LogP contribution in [-0.2, 0) is 10.8 Å². The van der Waals surface area contributed by atoms with Crippen LogP contribution in [0.5, 0.6) is 0 Å². The summed E-state index contributed by atoms with van der Waals surface area (Å²) in [7, 11) is 0. The molecule has 8 rings (SSSR count). The molecule has 0 amide bonds. The number of rotatable bonds is 3. The van der Waals surface area contributed by atoms with Gasteiger partial charge in [-0.2, -0.15) is 0 Å². The maximum atomic E-state index is 2.54. The molecule has 2 aliphatic rings. The summed E-state index contributed by atoms with van der Waals surface area (Å²) >= 11 is 0. The van der Waals surface area contributed by atoms with E-state index in [-0.39, 0.29) is 10.8 Å². The molecule has 1 heteroatoms. The summed E-state index contributed by atoms with van der Waals surface area (Å²) in [6.45, 7) is 18.5. The standard InChI is InChI=1S/C44H41N/c1-26-17-19-39(28(3)21-26)45(40-20-18-27(2)22-29(40)4)41-25-38-42(32-15-10-9-14-31(32)41)34-24-36-33(23-37(34)44(38,7)8)30-13-11-12-16-35(30)43(36,5)6/h9-25H,1-8H3. The van der Waals surface area contributed by atoms with Gasteiger partial charge in [-0.25, -0.2) is 0 Å². The van der Waals surface area contributed by atoms with Crippen LogP contribution in [0.25, 0.3) is 33.0 Å². The highest BCUT2D eigenvalue weighted by atomic mass is 15.1. The van der Waals surface area contributed by atoms with E-state index >= 15 is 0 Å². The van der Waals surface area contributed by atoms with Crippen LogP contribution in [0.4, 0.5) is 17.1 Å².